The van der Waals surface area contributed by atoms with E-state index in [9.17, 15) is 10.2 Å². The highest BCUT2D eigenvalue weighted by molar-refractivity contribution is 5.60. The summed E-state index contributed by atoms with van der Waals surface area (Å²) in [5.74, 6) is 1.27. The molecular weight excluding hydrogens is 380 g/mol. The van der Waals surface area contributed by atoms with Crippen LogP contribution in [0.5, 0.6) is 17.5 Å². The van der Waals surface area contributed by atoms with Crippen molar-refractivity contribution >= 4 is 5.69 Å². The third kappa shape index (κ3) is 4.84. The van der Waals surface area contributed by atoms with Crippen LogP contribution in [0, 0.1) is 6.92 Å². The molecule has 3 N–H and O–H groups in total. The van der Waals surface area contributed by atoms with Gasteiger partial charge in [0.1, 0.15) is 5.75 Å². The number of anilines is 1. The Morgan fingerprint density at radius 1 is 1.07 bits per heavy atom. The van der Waals surface area contributed by atoms with E-state index < -0.39 is 0 Å². The molecule has 164 valence electrons. The second-order valence-electron chi connectivity index (χ2n) is 8.52. The normalized spacial score (nSPS) is 17.5. The molecule has 7 nitrogen and oxygen atoms in total. The summed E-state index contributed by atoms with van der Waals surface area (Å²) in [6, 6.07) is 8.58. The lowest BCUT2D eigenvalue weighted by molar-refractivity contribution is 0.245. The van der Waals surface area contributed by atoms with E-state index in [2.05, 4.69) is 34.2 Å². The molecule has 0 atom stereocenters. The van der Waals surface area contributed by atoms with E-state index >= 15 is 0 Å². The fraction of sp³-hybridized carbons (Fsp3) is 0.565. The molecule has 2 heterocycles. The summed E-state index contributed by atoms with van der Waals surface area (Å²) in [7, 11) is 1.73. The lowest BCUT2D eigenvalue weighted by atomic mass is 10.1. The van der Waals surface area contributed by atoms with Crippen molar-refractivity contribution < 1.29 is 14.9 Å². The van der Waals surface area contributed by atoms with Gasteiger partial charge in [0.25, 0.3) is 0 Å². The summed E-state index contributed by atoms with van der Waals surface area (Å²) in [6.07, 6.45) is 3.30. The van der Waals surface area contributed by atoms with Crippen molar-refractivity contribution in [1.29, 1.82) is 0 Å². The molecule has 1 saturated heterocycles. The maximum absolute atomic E-state index is 10.4. The number of piperazine rings is 1. The topological polar surface area (TPSA) is 73.1 Å². The molecule has 0 radical (unpaired) electrons. The first-order chi connectivity index (χ1) is 14.5. The van der Waals surface area contributed by atoms with Gasteiger partial charge in [0, 0.05) is 56.9 Å². The summed E-state index contributed by atoms with van der Waals surface area (Å²) in [4.78, 5) is 4.84. The molecule has 1 aliphatic carbocycles. The van der Waals surface area contributed by atoms with Crippen LogP contribution in [-0.2, 0) is 13.1 Å². The van der Waals surface area contributed by atoms with Crippen LogP contribution in [-0.4, -0.2) is 65.6 Å². The minimum absolute atomic E-state index is 0.149. The Morgan fingerprint density at radius 3 is 2.53 bits per heavy atom. The van der Waals surface area contributed by atoms with Crippen LogP contribution >= 0.6 is 0 Å². The molecule has 1 aromatic carbocycles. The number of nitrogens with one attached hydrogen (secondary N) is 1. The Hall–Kier alpha value is -2.38. The molecule has 7 heteroatoms. The number of aromatic nitrogens is 1. The number of rotatable bonds is 9. The zero-order valence-corrected chi connectivity index (χ0v) is 18.1. The average Bonchev–Trinajstić information content (AvgIpc) is 3.54. The Labute approximate surface area is 178 Å². The van der Waals surface area contributed by atoms with Crippen molar-refractivity contribution in [3.8, 4) is 17.5 Å². The largest absolute Gasteiger partial charge is 0.495 e. The number of aromatic hydroxyl groups is 2. The third-order valence-corrected chi connectivity index (χ3v) is 6.18. The van der Waals surface area contributed by atoms with E-state index in [4.69, 9.17) is 4.74 Å². The smallest absolute Gasteiger partial charge is 0.198 e. The first-order valence-corrected chi connectivity index (χ1v) is 11.0. The van der Waals surface area contributed by atoms with Crippen LogP contribution in [0.1, 0.15) is 30.4 Å². The summed E-state index contributed by atoms with van der Waals surface area (Å²) in [6.45, 7) is 8.22. The van der Waals surface area contributed by atoms with E-state index in [1.807, 2.05) is 6.07 Å². The highest BCUT2D eigenvalue weighted by Crippen LogP contribution is 2.31. The van der Waals surface area contributed by atoms with Crippen molar-refractivity contribution in [2.24, 2.45) is 0 Å². The maximum atomic E-state index is 10.4. The second kappa shape index (κ2) is 9.18. The second-order valence-corrected chi connectivity index (χ2v) is 8.52. The highest BCUT2D eigenvalue weighted by atomic mass is 16.5. The standard InChI is InChI=1S/C23H34N4O3/c1-17-4-7-21(30-2)20(14-17)26-12-10-25(11-13-26)8-3-9-27-22(28)15-18(23(27)29)16-24-19-5-6-19/h4,7,14-15,19,24,28-29H,3,5-6,8-13,16H2,1-2H3. The van der Waals surface area contributed by atoms with Crippen molar-refractivity contribution in [2.45, 2.75) is 45.3 Å². The van der Waals surface area contributed by atoms with Gasteiger partial charge in [-0.1, -0.05) is 6.07 Å². The van der Waals surface area contributed by atoms with Gasteiger partial charge >= 0.3 is 0 Å². The highest BCUT2D eigenvalue weighted by Gasteiger charge is 2.23. The Kier molecular flexibility index (Phi) is 6.39. The number of nitrogens with zero attached hydrogens (tertiary/aromatic N) is 3. The van der Waals surface area contributed by atoms with Crippen molar-refractivity contribution in [3.05, 3.63) is 35.4 Å². The maximum Gasteiger partial charge on any atom is 0.198 e. The lowest BCUT2D eigenvalue weighted by Crippen LogP contribution is -2.46. The summed E-state index contributed by atoms with van der Waals surface area (Å²) in [5, 5.41) is 24.0. The van der Waals surface area contributed by atoms with Gasteiger partial charge in [0.2, 0.25) is 0 Å². The van der Waals surface area contributed by atoms with Crippen LogP contribution in [0.4, 0.5) is 5.69 Å². The Balaban J connectivity index is 1.25. The first kappa shape index (κ1) is 20.9. The minimum Gasteiger partial charge on any atom is -0.495 e. The number of ether oxygens (including phenoxy) is 1. The molecule has 2 aromatic rings. The quantitative estimate of drug-likeness (QED) is 0.586. The predicted octanol–water partition coefficient (Wildman–Crippen LogP) is 2.68. The average molecular weight is 415 g/mol. The number of methoxy groups -OCH3 is 1. The molecule has 4 rings (SSSR count). The van der Waals surface area contributed by atoms with Crippen LogP contribution in [0.25, 0.3) is 0 Å². The van der Waals surface area contributed by atoms with Crippen molar-refractivity contribution in [3.63, 3.8) is 0 Å². The van der Waals surface area contributed by atoms with Gasteiger partial charge in [-0.25, -0.2) is 0 Å². The van der Waals surface area contributed by atoms with Gasteiger partial charge in [0.05, 0.1) is 12.8 Å². The lowest BCUT2D eigenvalue weighted by Gasteiger charge is -2.36. The van der Waals surface area contributed by atoms with Gasteiger partial charge in [0.15, 0.2) is 11.8 Å². The molecule has 1 aromatic heterocycles. The molecule has 0 bridgehead atoms. The van der Waals surface area contributed by atoms with Crippen LogP contribution < -0.4 is 15.0 Å². The van der Waals surface area contributed by atoms with Gasteiger partial charge in [-0.3, -0.25) is 9.47 Å². The molecule has 1 saturated carbocycles. The molecule has 2 aliphatic rings. The van der Waals surface area contributed by atoms with E-state index in [-0.39, 0.29) is 11.8 Å². The molecule has 0 amide bonds. The Bertz CT molecular complexity index is 854. The van der Waals surface area contributed by atoms with Crippen LogP contribution in [0.2, 0.25) is 0 Å². The van der Waals surface area contributed by atoms with Crippen molar-refractivity contribution in [2.75, 3.05) is 44.7 Å². The number of benzene rings is 1. The first-order valence-electron chi connectivity index (χ1n) is 11.0. The van der Waals surface area contributed by atoms with Gasteiger partial charge in [-0.05, 0) is 50.4 Å². The van der Waals surface area contributed by atoms with E-state index in [1.165, 1.54) is 24.1 Å². The molecule has 30 heavy (non-hydrogen) atoms. The zero-order valence-electron chi connectivity index (χ0n) is 18.1. The van der Waals surface area contributed by atoms with Crippen LogP contribution in [0.3, 0.4) is 0 Å². The van der Waals surface area contributed by atoms with Gasteiger partial charge in [-0.2, -0.15) is 0 Å². The molecule has 0 unspecified atom stereocenters. The molecular formula is C23H34N4O3. The summed E-state index contributed by atoms with van der Waals surface area (Å²) in [5.41, 5.74) is 3.19. The van der Waals surface area contributed by atoms with Gasteiger partial charge < -0.3 is 25.2 Å². The number of aryl methyl sites for hydroxylation is 1. The third-order valence-electron chi connectivity index (χ3n) is 6.18. The monoisotopic (exact) mass is 414 g/mol. The van der Waals surface area contributed by atoms with Gasteiger partial charge in [-0.15, -0.1) is 0 Å². The van der Waals surface area contributed by atoms with Crippen LogP contribution in [0.15, 0.2) is 24.3 Å². The fourth-order valence-corrected chi connectivity index (χ4v) is 4.18. The predicted molar refractivity (Wildman–Crippen MR) is 119 cm³/mol. The molecule has 1 aliphatic heterocycles. The SMILES string of the molecule is COc1ccc(C)cc1N1CCN(CCCn2c(O)cc(CNC3CC3)c2O)CC1. The number of hydrogen-bond donors (Lipinski definition) is 3. The minimum atomic E-state index is 0.149. The fourth-order valence-electron chi connectivity index (χ4n) is 4.18. The summed E-state index contributed by atoms with van der Waals surface area (Å²) >= 11 is 0. The molecule has 0 spiro atoms. The van der Waals surface area contributed by atoms with E-state index in [0.717, 1.165) is 50.5 Å². The molecule has 2 fully saturated rings. The van der Waals surface area contributed by atoms with E-state index in [1.54, 1.807) is 17.7 Å². The van der Waals surface area contributed by atoms with E-state index in [0.29, 0.717) is 19.1 Å². The Morgan fingerprint density at radius 2 is 1.83 bits per heavy atom. The summed E-state index contributed by atoms with van der Waals surface area (Å²) < 4.78 is 7.17. The zero-order chi connectivity index (χ0) is 21.1. The number of hydrogen-bond acceptors (Lipinski definition) is 6. The van der Waals surface area contributed by atoms with Crippen molar-refractivity contribution in [1.82, 2.24) is 14.8 Å².